The summed E-state index contributed by atoms with van der Waals surface area (Å²) in [6.07, 6.45) is 0.656. The lowest BCUT2D eigenvalue weighted by atomic mass is 9.99. The van der Waals surface area contributed by atoms with E-state index in [0.29, 0.717) is 37.7 Å². The first-order valence-corrected chi connectivity index (χ1v) is 13.3. The zero-order valence-corrected chi connectivity index (χ0v) is 21.5. The Hall–Kier alpha value is -2.99. The van der Waals surface area contributed by atoms with Crippen molar-refractivity contribution in [3.8, 4) is 0 Å². The molecule has 1 N–H and O–H groups in total. The van der Waals surface area contributed by atoms with Crippen molar-refractivity contribution >= 4 is 27.5 Å². The van der Waals surface area contributed by atoms with Crippen LogP contribution in [0.25, 0.3) is 5.76 Å². The second kappa shape index (κ2) is 10.6. The van der Waals surface area contributed by atoms with Crippen molar-refractivity contribution in [2.24, 2.45) is 0 Å². The van der Waals surface area contributed by atoms with Crippen molar-refractivity contribution < 1.29 is 37.2 Å². The number of ketones is 1. The van der Waals surface area contributed by atoms with Gasteiger partial charge in [0.15, 0.2) is 0 Å². The highest BCUT2D eigenvalue weighted by Crippen LogP contribution is 2.39. The molecule has 2 aliphatic heterocycles. The molecule has 0 radical (unpaired) electrons. The number of benzene rings is 1. The number of rotatable bonds is 8. The fourth-order valence-electron chi connectivity index (χ4n) is 4.55. The molecule has 36 heavy (non-hydrogen) atoms. The van der Waals surface area contributed by atoms with Crippen molar-refractivity contribution in [3.63, 3.8) is 0 Å². The Morgan fingerprint density at radius 1 is 1.11 bits per heavy atom. The van der Waals surface area contributed by atoms with Crippen LogP contribution < -0.4 is 10.0 Å². The summed E-state index contributed by atoms with van der Waals surface area (Å²) in [5.41, 5.74) is -0.0620. The zero-order chi connectivity index (χ0) is 26.0. The molecule has 0 saturated carbocycles. The van der Waals surface area contributed by atoms with Gasteiger partial charge in [0.2, 0.25) is 15.8 Å². The van der Waals surface area contributed by atoms with Crippen LogP contribution in [0.2, 0.25) is 0 Å². The first-order valence-electron chi connectivity index (χ1n) is 11.9. The van der Waals surface area contributed by atoms with Crippen molar-refractivity contribution in [3.05, 3.63) is 59.1 Å². The van der Waals surface area contributed by atoms with Gasteiger partial charge in [0.25, 0.3) is 5.91 Å². The summed E-state index contributed by atoms with van der Waals surface area (Å²) in [4.78, 5) is 28.9. The number of ether oxygens (including phenoxy) is 1. The Balaban J connectivity index is 1.66. The number of likely N-dealkylation sites (tertiary alicyclic amines) is 1. The Kier molecular flexibility index (Phi) is 7.65. The summed E-state index contributed by atoms with van der Waals surface area (Å²) in [6.45, 7) is 6.05. The number of carbonyl (C=O) groups is 2. The quantitative estimate of drug-likeness (QED) is 0.281. The molecule has 1 unspecified atom stereocenters. The number of quaternary nitrogens is 1. The maximum Gasteiger partial charge on any atom is 0.295 e. The van der Waals surface area contributed by atoms with Crippen molar-refractivity contribution in [1.29, 1.82) is 0 Å². The van der Waals surface area contributed by atoms with E-state index in [-0.39, 0.29) is 16.0 Å². The normalized spacial score (nSPS) is 21.0. The average Bonchev–Trinajstić information content (AvgIpc) is 3.40. The molecule has 1 aromatic carbocycles. The monoisotopic (exact) mass is 517 g/mol. The Labute approximate surface area is 210 Å². The number of hydrogen-bond acceptors (Lipinski definition) is 7. The third-order valence-electron chi connectivity index (χ3n) is 6.58. The van der Waals surface area contributed by atoms with Gasteiger partial charge in [-0.2, -0.15) is 0 Å². The predicted octanol–water partition coefficient (Wildman–Crippen LogP) is -0.632. The van der Waals surface area contributed by atoms with E-state index >= 15 is 0 Å². The lowest BCUT2D eigenvalue weighted by Crippen LogP contribution is -3.14. The fraction of sp³-hybridized carbons (Fsp3) is 0.440. The van der Waals surface area contributed by atoms with Crippen LogP contribution >= 0.6 is 0 Å². The molecule has 1 amide bonds. The lowest BCUT2D eigenvalue weighted by molar-refractivity contribution is -0.908. The Morgan fingerprint density at radius 3 is 2.36 bits per heavy atom. The summed E-state index contributed by atoms with van der Waals surface area (Å²) in [6, 6.07) is 7.82. The van der Waals surface area contributed by atoms with Gasteiger partial charge in [-0.25, -0.2) is 12.7 Å². The minimum absolute atomic E-state index is 0.0216. The molecule has 10 nitrogen and oxygen atoms in total. The maximum absolute atomic E-state index is 13.5. The van der Waals surface area contributed by atoms with Crippen LogP contribution in [0.1, 0.15) is 29.5 Å². The molecule has 1 atom stereocenters. The summed E-state index contributed by atoms with van der Waals surface area (Å²) in [5.74, 6) is -1.27. The molecular weight excluding hydrogens is 486 g/mol. The molecule has 0 aliphatic carbocycles. The smallest absolute Gasteiger partial charge is 0.295 e. The molecule has 3 heterocycles. The fourth-order valence-corrected chi connectivity index (χ4v) is 5.45. The summed E-state index contributed by atoms with van der Waals surface area (Å²) >= 11 is 0. The molecule has 4 rings (SSSR count). The van der Waals surface area contributed by atoms with E-state index in [9.17, 15) is 23.1 Å². The highest BCUT2D eigenvalue weighted by Gasteiger charge is 2.45. The number of nitrogens with zero attached hydrogens (tertiary/aromatic N) is 2. The van der Waals surface area contributed by atoms with E-state index < -0.39 is 33.5 Å². The summed E-state index contributed by atoms with van der Waals surface area (Å²) in [5, 5.41) is 13.5. The van der Waals surface area contributed by atoms with Gasteiger partial charge in [0.05, 0.1) is 24.7 Å². The van der Waals surface area contributed by atoms with E-state index in [2.05, 4.69) is 0 Å². The standard InChI is InChI=1S/C25H31N3O7S/c1-17-5-10-20(35-17)22-21(23(29)18-6-8-19(9-7-18)36(32,33)26(2)3)24(30)25(31)28(22)12-4-11-27-13-15-34-16-14-27/h5-10,22,29H,4,11-16H2,1-3H3. The second-order valence-corrected chi connectivity index (χ2v) is 11.4. The number of furan rings is 1. The predicted molar refractivity (Wildman–Crippen MR) is 128 cm³/mol. The first kappa shape index (κ1) is 26.1. The average molecular weight is 518 g/mol. The summed E-state index contributed by atoms with van der Waals surface area (Å²) in [7, 11) is -0.847. The van der Waals surface area contributed by atoms with Gasteiger partial charge in [0.1, 0.15) is 30.7 Å². The third-order valence-corrected chi connectivity index (χ3v) is 8.41. The molecule has 0 bridgehead atoms. The van der Waals surface area contributed by atoms with Crippen LogP contribution in [0.5, 0.6) is 0 Å². The van der Waals surface area contributed by atoms with Crippen LogP contribution in [0.4, 0.5) is 0 Å². The van der Waals surface area contributed by atoms with Crippen molar-refractivity contribution in [1.82, 2.24) is 9.21 Å². The number of aryl methyl sites for hydroxylation is 1. The number of carbonyl (C=O) groups excluding carboxylic acids is 2. The topological polar surface area (TPSA) is 125 Å². The number of Topliss-reactive ketones (excluding diaryl/α,β-unsaturated/α-hetero) is 1. The number of morpholine rings is 1. The number of hydrogen-bond donors (Lipinski definition) is 1. The highest BCUT2D eigenvalue weighted by atomic mass is 32.2. The van der Waals surface area contributed by atoms with Crippen LogP contribution in [-0.4, -0.2) is 82.8 Å². The molecule has 2 aliphatic rings. The number of sulfonamides is 1. The minimum Gasteiger partial charge on any atom is -0.872 e. The molecule has 0 spiro atoms. The first-order chi connectivity index (χ1) is 17.1. The molecule has 194 valence electrons. The van der Waals surface area contributed by atoms with Gasteiger partial charge >= 0.3 is 0 Å². The van der Waals surface area contributed by atoms with Gasteiger partial charge in [-0.15, -0.1) is 0 Å². The minimum atomic E-state index is -3.68. The molecule has 2 fully saturated rings. The maximum atomic E-state index is 13.5. The van der Waals surface area contributed by atoms with E-state index in [1.165, 1.54) is 48.2 Å². The number of amides is 1. The largest absolute Gasteiger partial charge is 0.872 e. The van der Waals surface area contributed by atoms with Crippen LogP contribution in [0.15, 0.2) is 51.3 Å². The SMILES string of the molecule is Cc1ccc(C2C(=C([O-])c3ccc(S(=O)(=O)N(C)C)cc3)C(=O)C(=O)N2CCC[NH+]2CCOCC2)o1. The molecule has 2 saturated heterocycles. The van der Waals surface area contributed by atoms with Gasteiger partial charge in [0, 0.05) is 32.6 Å². The lowest BCUT2D eigenvalue weighted by Gasteiger charge is -2.27. The van der Waals surface area contributed by atoms with Crippen molar-refractivity contribution in [2.75, 3.05) is 53.5 Å². The number of nitrogens with one attached hydrogen (secondary N) is 1. The highest BCUT2D eigenvalue weighted by molar-refractivity contribution is 7.89. The summed E-state index contributed by atoms with van der Waals surface area (Å²) < 4.78 is 37.0. The van der Waals surface area contributed by atoms with Gasteiger partial charge in [-0.3, -0.25) is 9.59 Å². The molecule has 2 aromatic rings. The van der Waals surface area contributed by atoms with Crippen molar-refractivity contribution in [2.45, 2.75) is 24.3 Å². The van der Waals surface area contributed by atoms with E-state index in [1.54, 1.807) is 19.1 Å². The third kappa shape index (κ3) is 5.10. The Morgan fingerprint density at radius 2 is 1.78 bits per heavy atom. The Bertz CT molecular complexity index is 1260. The zero-order valence-electron chi connectivity index (χ0n) is 20.7. The van der Waals surface area contributed by atoms with E-state index in [4.69, 9.17) is 9.15 Å². The van der Waals surface area contributed by atoms with Crippen LogP contribution in [0, 0.1) is 6.92 Å². The molecule has 11 heteroatoms. The van der Waals surface area contributed by atoms with Gasteiger partial charge in [-0.1, -0.05) is 17.9 Å². The van der Waals surface area contributed by atoms with Crippen LogP contribution in [0.3, 0.4) is 0 Å². The van der Waals surface area contributed by atoms with E-state index in [1.807, 2.05) is 0 Å². The second-order valence-electron chi connectivity index (χ2n) is 9.20. The van der Waals surface area contributed by atoms with Gasteiger partial charge < -0.3 is 24.1 Å². The van der Waals surface area contributed by atoms with Gasteiger partial charge in [-0.05, 0) is 36.8 Å². The van der Waals surface area contributed by atoms with E-state index in [0.717, 1.165) is 23.9 Å². The van der Waals surface area contributed by atoms with Crippen LogP contribution in [-0.2, 0) is 24.3 Å². The molecule has 1 aromatic heterocycles. The molecular formula is C25H31N3O7S.